The van der Waals surface area contributed by atoms with Crippen LogP contribution >= 0.6 is 0 Å². The number of rotatable bonds is 5. The van der Waals surface area contributed by atoms with E-state index in [1.54, 1.807) is 0 Å². The lowest BCUT2D eigenvalue weighted by Gasteiger charge is -2.08. The molecule has 5 nitrogen and oxygen atoms in total. The van der Waals surface area contributed by atoms with Gasteiger partial charge in [0.2, 0.25) is 5.95 Å². The van der Waals surface area contributed by atoms with Gasteiger partial charge in [0.1, 0.15) is 5.82 Å². The fourth-order valence-electron chi connectivity index (χ4n) is 2.40. The van der Waals surface area contributed by atoms with Gasteiger partial charge in [0, 0.05) is 29.8 Å². The minimum atomic E-state index is 0.279. The summed E-state index contributed by atoms with van der Waals surface area (Å²) in [5.74, 6) is 0.987. The van der Waals surface area contributed by atoms with Gasteiger partial charge in [-0.15, -0.1) is 0 Å². The van der Waals surface area contributed by atoms with Gasteiger partial charge in [-0.2, -0.15) is 4.98 Å². The summed E-state index contributed by atoms with van der Waals surface area (Å²) in [5.41, 5.74) is 10.1. The highest BCUT2D eigenvalue weighted by molar-refractivity contribution is 5.57. The Morgan fingerprint density at radius 1 is 0.913 bits per heavy atom. The number of nitrogens with one attached hydrogen (secondary N) is 1. The molecule has 0 fully saturated rings. The predicted molar refractivity (Wildman–Crippen MR) is 92.6 cm³/mol. The number of nitrogen functional groups attached to an aromatic ring is 1. The van der Waals surface area contributed by atoms with Crippen LogP contribution in [0.4, 0.5) is 17.5 Å². The van der Waals surface area contributed by atoms with E-state index in [4.69, 9.17) is 5.73 Å². The standard InChI is InChI=1S/C18H19N5/c1-13-12-17(23-18(19)21-13)22-16-6-4-14(5-7-16)2-3-15-8-10-20-11-9-15/h4-12H,2-3H2,1H3,(H3,19,21,22,23). The van der Waals surface area contributed by atoms with Crippen molar-refractivity contribution in [3.05, 3.63) is 71.7 Å². The van der Waals surface area contributed by atoms with E-state index >= 15 is 0 Å². The van der Waals surface area contributed by atoms with Crippen molar-refractivity contribution >= 4 is 17.5 Å². The van der Waals surface area contributed by atoms with Gasteiger partial charge in [-0.3, -0.25) is 4.98 Å². The summed E-state index contributed by atoms with van der Waals surface area (Å²) in [4.78, 5) is 12.3. The van der Waals surface area contributed by atoms with Crippen molar-refractivity contribution in [3.8, 4) is 0 Å². The Labute approximate surface area is 135 Å². The third-order valence-electron chi connectivity index (χ3n) is 3.55. The van der Waals surface area contributed by atoms with Crippen LogP contribution in [-0.2, 0) is 12.8 Å². The van der Waals surface area contributed by atoms with Gasteiger partial charge in [-0.25, -0.2) is 4.98 Å². The van der Waals surface area contributed by atoms with Crippen molar-refractivity contribution in [3.63, 3.8) is 0 Å². The van der Waals surface area contributed by atoms with Crippen molar-refractivity contribution in [2.75, 3.05) is 11.1 Å². The molecule has 0 aliphatic carbocycles. The molecule has 0 bridgehead atoms. The molecule has 0 saturated carbocycles. The van der Waals surface area contributed by atoms with Crippen LogP contribution in [0.25, 0.3) is 0 Å². The van der Waals surface area contributed by atoms with Crippen LogP contribution in [0.2, 0.25) is 0 Å². The number of nitrogens with zero attached hydrogens (tertiary/aromatic N) is 3. The van der Waals surface area contributed by atoms with Gasteiger partial charge in [0.15, 0.2) is 0 Å². The summed E-state index contributed by atoms with van der Waals surface area (Å²) >= 11 is 0. The Morgan fingerprint density at radius 3 is 2.22 bits per heavy atom. The normalized spacial score (nSPS) is 10.5. The fourth-order valence-corrected chi connectivity index (χ4v) is 2.40. The number of hydrogen-bond donors (Lipinski definition) is 2. The van der Waals surface area contributed by atoms with Crippen LogP contribution in [0, 0.1) is 6.92 Å². The quantitative estimate of drug-likeness (QED) is 0.756. The zero-order valence-corrected chi connectivity index (χ0v) is 13.0. The molecule has 2 heterocycles. The molecule has 0 spiro atoms. The lowest BCUT2D eigenvalue weighted by Crippen LogP contribution is -2.01. The number of pyridine rings is 1. The lowest BCUT2D eigenvalue weighted by atomic mass is 10.1. The van der Waals surface area contributed by atoms with E-state index in [0.717, 1.165) is 24.2 Å². The average molecular weight is 305 g/mol. The van der Waals surface area contributed by atoms with Crippen LogP contribution in [0.3, 0.4) is 0 Å². The van der Waals surface area contributed by atoms with Crippen LogP contribution in [0.15, 0.2) is 54.9 Å². The Morgan fingerprint density at radius 2 is 1.57 bits per heavy atom. The molecule has 0 aliphatic heterocycles. The Balaban J connectivity index is 1.62. The number of benzene rings is 1. The van der Waals surface area contributed by atoms with Gasteiger partial charge in [0.05, 0.1) is 0 Å². The van der Waals surface area contributed by atoms with Crippen LogP contribution in [-0.4, -0.2) is 15.0 Å². The number of hydrogen-bond acceptors (Lipinski definition) is 5. The van der Waals surface area contributed by atoms with E-state index < -0.39 is 0 Å². The monoisotopic (exact) mass is 305 g/mol. The zero-order valence-electron chi connectivity index (χ0n) is 13.0. The van der Waals surface area contributed by atoms with Crippen LogP contribution < -0.4 is 11.1 Å². The number of anilines is 3. The molecule has 3 N–H and O–H groups in total. The molecule has 5 heteroatoms. The molecule has 23 heavy (non-hydrogen) atoms. The van der Waals surface area contributed by atoms with Gasteiger partial charge in [-0.1, -0.05) is 12.1 Å². The smallest absolute Gasteiger partial charge is 0.222 e. The molecule has 2 aromatic heterocycles. The van der Waals surface area contributed by atoms with Gasteiger partial charge >= 0.3 is 0 Å². The van der Waals surface area contributed by atoms with E-state index in [0.29, 0.717) is 5.82 Å². The van der Waals surface area contributed by atoms with Gasteiger partial charge in [-0.05, 0) is 55.2 Å². The van der Waals surface area contributed by atoms with Crippen LogP contribution in [0.1, 0.15) is 16.8 Å². The Hall–Kier alpha value is -2.95. The third kappa shape index (κ3) is 4.26. The van der Waals surface area contributed by atoms with Crippen molar-refractivity contribution in [1.29, 1.82) is 0 Å². The van der Waals surface area contributed by atoms with E-state index in [9.17, 15) is 0 Å². The van der Waals surface area contributed by atoms with Gasteiger partial charge in [0.25, 0.3) is 0 Å². The molecule has 0 aliphatic rings. The molecule has 3 rings (SSSR count). The minimum absolute atomic E-state index is 0.279. The molecule has 0 unspecified atom stereocenters. The SMILES string of the molecule is Cc1cc(Nc2ccc(CCc3ccncc3)cc2)nc(N)n1. The van der Waals surface area contributed by atoms with E-state index in [1.807, 2.05) is 25.4 Å². The first-order valence-electron chi connectivity index (χ1n) is 7.55. The fraction of sp³-hybridized carbons (Fsp3) is 0.167. The predicted octanol–water partition coefficient (Wildman–Crippen LogP) is 3.29. The molecule has 116 valence electrons. The molecule has 0 saturated heterocycles. The number of aryl methyl sites for hydroxylation is 3. The maximum atomic E-state index is 5.67. The summed E-state index contributed by atoms with van der Waals surface area (Å²) < 4.78 is 0. The van der Waals surface area contributed by atoms with E-state index in [1.165, 1.54) is 11.1 Å². The first-order chi connectivity index (χ1) is 11.2. The topological polar surface area (TPSA) is 76.7 Å². The lowest BCUT2D eigenvalue weighted by molar-refractivity contribution is 0.955. The second kappa shape index (κ2) is 6.87. The van der Waals surface area contributed by atoms with Crippen molar-refractivity contribution in [2.45, 2.75) is 19.8 Å². The first-order valence-corrected chi connectivity index (χ1v) is 7.55. The number of aromatic nitrogens is 3. The first kappa shape index (κ1) is 15.0. The van der Waals surface area contributed by atoms with E-state index in [2.05, 4.69) is 56.7 Å². The third-order valence-corrected chi connectivity index (χ3v) is 3.55. The summed E-state index contributed by atoms with van der Waals surface area (Å²) in [7, 11) is 0. The highest BCUT2D eigenvalue weighted by Gasteiger charge is 2.01. The molecular weight excluding hydrogens is 286 g/mol. The molecule has 0 amide bonds. The number of nitrogens with two attached hydrogens (primary N) is 1. The summed E-state index contributed by atoms with van der Waals surface area (Å²) in [5, 5.41) is 3.25. The van der Waals surface area contributed by atoms with Gasteiger partial charge < -0.3 is 11.1 Å². The summed E-state index contributed by atoms with van der Waals surface area (Å²) in [6.45, 7) is 1.89. The van der Waals surface area contributed by atoms with Crippen molar-refractivity contribution in [1.82, 2.24) is 15.0 Å². The zero-order chi connectivity index (χ0) is 16.1. The second-order valence-electron chi connectivity index (χ2n) is 5.43. The minimum Gasteiger partial charge on any atom is -0.368 e. The molecule has 0 radical (unpaired) electrons. The molecule has 0 atom stereocenters. The highest BCUT2D eigenvalue weighted by atomic mass is 15.1. The average Bonchev–Trinajstić information content (AvgIpc) is 2.54. The van der Waals surface area contributed by atoms with Crippen molar-refractivity contribution < 1.29 is 0 Å². The Bertz CT molecular complexity index is 749. The maximum Gasteiger partial charge on any atom is 0.222 e. The maximum absolute atomic E-state index is 5.67. The van der Waals surface area contributed by atoms with Crippen molar-refractivity contribution in [2.24, 2.45) is 0 Å². The highest BCUT2D eigenvalue weighted by Crippen LogP contribution is 2.17. The Kier molecular flexibility index (Phi) is 4.47. The van der Waals surface area contributed by atoms with E-state index in [-0.39, 0.29) is 5.95 Å². The molecule has 1 aromatic carbocycles. The van der Waals surface area contributed by atoms with Crippen LogP contribution in [0.5, 0.6) is 0 Å². The largest absolute Gasteiger partial charge is 0.368 e. The summed E-state index contributed by atoms with van der Waals surface area (Å²) in [6, 6.07) is 14.3. The molecular formula is C18H19N5. The second-order valence-corrected chi connectivity index (χ2v) is 5.43. The molecule has 3 aromatic rings. The summed E-state index contributed by atoms with van der Waals surface area (Å²) in [6.07, 6.45) is 5.68.